The van der Waals surface area contributed by atoms with Gasteiger partial charge in [0.1, 0.15) is 13.2 Å². The lowest BCUT2D eigenvalue weighted by molar-refractivity contribution is -0.121. The molecule has 0 radical (unpaired) electrons. The van der Waals surface area contributed by atoms with Gasteiger partial charge in [-0.25, -0.2) is 0 Å². The van der Waals surface area contributed by atoms with Crippen LogP contribution in [0, 0.1) is 13.8 Å². The lowest BCUT2D eigenvalue weighted by atomic mass is 10.1. The summed E-state index contributed by atoms with van der Waals surface area (Å²) in [5.41, 5.74) is 4.66. The van der Waals surface area contributed by atoms with Crippen LogP contribution in [0.25, 0.3) is 0 Å². The Kier molecular flexibility index (Phi) is 5.81. The van der Waals surface area contributed by atoms with Crippen molar-refractivity contribution in [3.63, 3.8) is 0 Å². The average Bonchev–Trinajstić information content (AvgIpc) is 2.89. The number of rotatable bonds is 7. The van der Waals surface area contributed by atoms with Gasteiger partial charge in [-0.15, -0.1) is 0 Å². The minimum absolute atomic E-state index is 0.0829. The summed E-state index contributed by atoms with van der Waals surface area (Å²) in [5, 5.41) is 7.44. The van der Waals surface area contributed by atoms with Crippen LogP contribution < -0.4 is 14.8 Å². The number of aryl methyl sites for hydroxylation is 3. The fourth-order valence-electron chi connectivity index (χ4n) is 3.26. The second-order valence-corrected chi connectivity index (χ2v) is 6.70. The number of amides is 1. The molecule has 140 valence electrons. The molecule has 1 aliphatic heterocycles. The highest BCUT2D eigenvalue weighted by molar-refractivity contribution is 5.76. The first kappa shape index (κ1) is 18.3. The molecule has 26 heavy (non-hydrogen) atoms. The van der Waals surface area contributed by atoms with Gasteiger partial charge in [-0.2, -0.15) is 5.10 Å². The average molecular weight is 357 g/mol. The van der Waals surface area contributed by atoms with E-state index in [0.29, 0.717) is 32.6 Å². The predicted molar refractivity (Wildman–Crippen MR) is 99.8 cm³/mol. The Hall–Kier alpha value is -2.50. The predicted octanol–water partition coefficient (Wildman–Crippen LogP) is 2.49. The van der Waals surface area contributed by atoms with E-state index in [1.165, 1.54) is 11.3 Å². The zero-order valence-electron chi connectivity index (χ0n) is 15.8. The third-order valence-electron chi connectivity index (χ3n) is 4.83. The second-order valence-electron chi connectivity index (χ2n) is 6.70. The highest BCUT2D eigenvalue weighted by atomic mass is 16.6. The summed E-state index contributed by atoms with van der Waals surface area (Å²) in [6.45, 7) is 5.98. The van der Waals surface area contributed by atoms with Gasteiger partial charge in [0.2, 0.25) is 5.91 Å². The molecule has 1 aromatic carbocycles. The van der Waals surface area contributed by atoms with Crippen molar-refractivity contribution in [3.05, 3.63) is 40.7 Å². The number of ether oxygens (including phenoxy) is 2. The molecule has 6 heteroatoms. The first-order chi connectivity index (χ1) is 12.5. The fraction of sp³-hybridized carbons (Fsp3) is 0.500. The third kappa shape index (κ3) is 4.36. The standard InChI is InChI=1S/C20H27N3O3/c1-14-17(15(2)23(3)22-14)5-4-10-21-20(24)9-7-16-6-8-18-19(13-16)26-12-11-25-18/h6,8,13H,4-5,7,9-12H2,1-3H3,(H,21,24). The summed E-state index contributed by atoms with van der Waals surface area (Å²) in [7, 11) is 1.96. The topological polar surface area (TPSA) is 65.4 Å². The van der Waals surface area contributed by atoms with Crippen molar-refractivity contribution in [1.29, 1.82) is 0 Å². The maximum absolute atomic E-state index is 12.1. The molecule has 3 rings (SSSR count). The number of aromatic nitrogens is 2. The molecule has 2 aromatic rings. The summed E-state index contributed by atoms with van der Waals surface area (Å²) in [4.78, 5) is 12.1. The maximum atomic E-state index is 12.1. The van der Waals surface area contributed by atoms with Crippen LogP contribution >= 0.6 is 0 Å². The molecular weight excluding hydrogens is 330 g/mol. The first-order valence-electron chi connectivity index (χ1n) is 9.19. The van der Waals surface area contributed by atoms with E-state index in [1.54, 1.807) is 0 Å². The number of hydrogen-bond donors (Lipinski definition) is 1. The normalized spacial score (nSPS) is 12.9. The van der Waals surface area contributed by atoms with E-state index in [4.69, 9.17) is 9.47 Å². The van der Waals surface area contributed by atoms with Gasteiger partial charge in [0.25, 0.3) is 0 Å². The molecule has 1 N–H and O–H groups in total. The van der Waals surface area contributed by atoms with E-state index >= 15 is 0 Å². The number of nitrogens with one attached hydrogen (secondary N) is 1. The van der Waals surface area contributed by atoms with Gasteiger partial charge >= 0.3 is 0 Å². The lowest BCUT2D eigenvalue weighted by Crippen LogP contribution is -2.25. The Bertz CT molecular complexity index is 783. The summed E-state index contributed by atoms with van der Waals surface area (Å²) >= 11 is 0. The molecule has 2 heterocycles. The van der Waals surface area contributed by atoms with E-state index in [9.17, 15) is 4.79 Å². The summed E-state index contributed by atoms with van der Waals surface area (Å²) in [5.74, 6) is 1.64. The number of carbonyl (C=O) groups is 1. The van der Waals surface area contributed by atoms with Crippen LogP contribution in [-0.4, -0.2) is 35.4 Å². The lowest BCUT2D eigenvalue weighted by Gasteiger charge is -2.18. The monoisotopic (exact) mass is 357 g/mol. The van der Waals surface area contributed by atoms with Crippen molar-refractivity contribution in [1.82, 2.24) is 15.1 Å². The van der Waals surface area contributed by atoms with Crippen molar-refractivity contribution in [2.75, 3.05) is 19.8 Å². The number of nitrogens with zero attached hydrogens (tertiary/aromatic N) is 2. The summed E-state index contributed by atoms with van der Waals surface area (Å²) < 4.78 is 13.0. The second kappa shape index (κ2) is 8.25. The van der Waals surface area contributed by atoms with E-state index in [1.807, 2.05) is 36.9 Å². The van der Waals surface area contributed by atoms with Gasteiger partial charge < -0.3 is 14.8 Å². The fourth-order valence-corrected chi connectivity index (χ4v) is 3.26. The Morgan fingerprint density at radius 2 is 1.96 bits per heavy atom. The van der Waals surface area contributed by atoms with Crippen molar-refractivity contribution in [2.45, 2.75) is 39.5 Å². The highest BCUT2D eigenvalue weighted by Crippen LogP contribution is 2.31. The van der Waals surface area contributed by atoms with Gasteiger partial charge in [-0.1, -0.05) is 6.07 Å². The molecule has 0 unspecified atom stereocenters. The largest absolute Gasteiger partial charge is 0.486 e. The zero-order valence-corrected chi connectivity index (χ0v) is 15.8. The molecule has 0 saturated carbocycles. The molecule has 0 atom stereocenters. The van der Waals surface area contributed by atoms with Crippen LogP contribution in [-0.2, 0) is 24.7 Å². The quantitative estimate of drug-likeness (QED) is 0.773. The molecule has 1 amide bonds. The third-order valence-corrected chi connectivity index (χ3v) is 4.83. The molecule has 0 spiro atoms. The van der Waals surface area contributed by atoms with Crippen molar-refractivity contribution >= 4 is 5.91 Å². The number of benzene rings is 1. The van der Waals surface area contributed by atoms with Crippen LogP contribution in [0.15, 0.2) is 18.2 Å². The highest BCUT2D eigenvalue weighted by Gasteiger charge is 2.12. The van der Waals surface area contributed by atoms with Gasteiger partial charge in [0, 0.05) is 25.7 Å². The maximum Gasteiger partial charge on any atom is 0.220 e. The van der Waals surface area contributed by atoms with Crippen LogP contribution in [0.4, 0.5) is 0 Å². The van der Waals surface area contributed by atoms with E-state index < -0.39 is 0 Å². The van der Waals surface area contributed by atoms with Gasteiger partial charge in [0.05, 0.1) is 5.69 Å². The Morgan fingerprint density at radius 3 is 2.69 bits per heavy atom. The molecule has 0 aliphatic carbocycles. The van der Waals surface area contributed by atoms with Gasteiger partial charge in [-0.05, 0) is 56.4 Å². The smallest absolute Gasteiger partial charge is 0.220 e. The molecule has 1 aliphatic rings. The molecule has 6 nitrogen and oxygen atoms in total. The minimum Gasteiger partial charge on any atom is -0.486 e. The van der Waals surface area contributed by atoms with E-state index in [0.717, 1.165) is 35.6 Å². The van der Waals surface area contributed by atoms with Crippen LogP contribution in [0.1, 0.15) is 35.4 Å². The van der Waals surface area contributed by atoms with Crippen molar-refractivity contribution < 1.29 is 14.3 Å². The summed E-state index contributed by atoms with van der Waals surface area (Å²) in [6.07, 6.45) is 3.03. The molecule has 0 saturated heterocycles. The Morgan fingerprint density at radius 1 is 1.19 bits per heavy atom. The molecule has 0 bridgehead atoms. The Balaban J connectivity index is 1.39. The van der Waals surface area contributed by atoms with Crippen molar-refractivity contribution in [2.24, 2.45) is 7.05 Å². The molecular formula is C20H27N3O3. The SMILES string of the molecule is Cc1nn(C)c(C)c1CCCNC(=O)CCc1ccc2c(c1)OCCO2. The van der Waals surface area contributed by atoms with Crippen LogP contribution in [0.5, 0.6) is 11.5 Å². The summed E-state index contributed by atoms with van der Waals surface area (Å²) in [6, 6.07) is 5.88. The van der Waals surface area contributed by atoms with Crippen LogP contribution in [0.2, 0.25) is 0 Å². The first-order valence-corrected chi connectivity index (χ1v) is 9.19. The molecule has 0 fully saturated rings. The number of hydrogen-bond acceptors (Lipinski definition) is 4. The number of fused-ring (bicyclic) bond motifs is 1. The van der Waals surface area contributed by atoms with Gasteiger partial charge in [-0.3, -0.25) is 9.48 Å². The Labute approximate surface area is 154 Å². The number of carbonyl (C=O) groups excluding carboxylic acids is 1. The van der Waals surface area contributed by atoms with Crippen molar-refractivity contribution in [3.8, 4) is 11.5 Å². The van der Waals surface area contributed by atoms with Gasteiger partial charge in [0.15, 0.2) is 11.5 Å². The van der Waals surface area contributed by atoms with E-state index in [-0.39, 0.29) is 5.91 Å². The van der Waals surface area contributed by atoms with Crippen LogP contribution in [0.3, 0.4) is 0 Å². The molecule has 1 aromatic heterocycles. The van der Waals surface area contributed by atoms with E-state index in [2.05, 4.69) is 17.3 Å². The minimum atomic E-state index is 0.0829. The zero-order chi connectivity index (χ0) is 18.5.